The first kappa shape index (κ1) is 19.5. The fourth-order valence-electron chi connectivity index (χ4n) is 3.86. The molecule has 0 fully saturated rings. The van der Waals surface area contributed by atoms with Crippen LogP contribution in [0, 0.1) is 6.92 Å². The third-order valence-electron chi connectivity index (χ3n) is 5.34. The maximum atomic E-state index is 11.9. The highest BCUT2D eigenvalue weighted by molar-refractivity contribution is 7.09. The summed E-state index contributed by atoms with van der Waals surface area (Å²) in [5, 5.41) is 5.54. The minimum atomic E-state index is -0.522. The van der Waals surface area contributed by atoms with Crippen molar-refractivity contribution in [1.82, 2.24) is 19.4 Å². The van der Waals surface area contributed by atoms with E-state index in [0.717, 1.165) is 30.6 Å². The summed E-state index contributed by atoms with van der Waals surface area (Å²) in [5.41, 5.74) is 8.83. The number of primary amides is 1. The molecule has 1 aliphatic heterocycles. The van der Waals surface area contributed by atoms with Crippen molar-refractivity contribution < 1.29 is 9.53 Å². The van der Waals surface area contributed by atoms with Gasteiger partial charge in [-0.3, -0.25) is 9.20 Å². The molecule has 8 nitrogen and oxygen atoms in total. The molecule has 5 rings (SSSR count). The average Bonchev–Trinajstić information content (AvgIpc) is 3.32. The number of imidazole rings is 1. The molecule has 1 amide bonds. The molecule has 0 bridgehead atoms. The van der Waals surface area contributed by atoms with Crippen LogP contribution in [0.4, 0.5) is 5.82 Å². The van der Waals surface area contributed by atoms with Gasteiger partial charge in [0.25, 0.3) is 5.91 Å². The smallest absolute Gasteiger partial charge is 0.252 e. The fraction of sp³-hybridized carbons (Fsp3) is 0.273. The van der Waals surface area contributed by atoms with Crippen molar-refractivity contribution in [3.8, 4) is 17.4 Å². The third kappa shape index (κ3) is 3.61. The van der Waals surface area contributed by atoms with E-state index in [1.54, 1.807) is 23.5 Å². The predicted molar refractivity (Wildman–Crippen MR) is 120 cm³/mol. The number of nitrogens with two attached hydrogens (primary N) is 1. The van der Waals surface area contributed by atoms with Gasteiger partial charge in [0, 0.05) is 11.1 Å². The van der Waals surface area contributed by atoms with Gasteiger partial charge in [0.15, 0.2) is 5.82 Å². The molecule has 0 aromatic carbocycles. The summed E-state index contributed by atoms with van der Waals surface area (Å²) in [5.74, 6) is 1.36. The largest absolute Gasteiger partial charge is 0.477 e. The van der Waals surface area contributed by atoms with Gasteiger partial charge in [-0.25, -0.2) is 9.97 Å². The Hall–Kier alpha value is -3.46. The van der Waals surface area contributed by atoms with E-state index in [4.69, 9.17) is 20.4 Å². The Labute approximate surface area is 183 Å². The molecule has 0 unspecified atom stereocenters. The number of pyridine rings is 1. The Morgan fingerprint density at radius 3 is 2.97 bits per heavy atom. The number of aromatic nitrogens is 4. The maximum Gasteiger partial charge on any atom is 0.252 e. The Morgan fingerprint density at radius 1 is 1.26 bits per heavy atom. The highest BCUT2D eigenvalue weighted by Gasteiger charge is 2.23. The predicted octanol–water partition coefficient (Wildman–Crippen LogP) is 3.59. The molecular formula is C22H22N6O2S. The Kier molecular flexibility index (Phi) is 5.03. The molecule has 5 heterocycles. The van der Waals surface area contributed by atoms with Crippen LogP contribution >= 0.6 is 11.3 Å². The lowest BCUT2D eigenvalue weighted by molar-refractivity contribution is 0.100. The van der Waals surface area contributed by atoms with Crippen molar-refractivity contribution in [3.63, 3.8) is 0 Å². The Balaban J connectivity index is 1.65. The molecular weight excluding hydrogens is 412 g/mol. The summed E-state index contributed by atoms with van der Waals surface area (Å²) >= 11 is 1.70. The minimum Gasteiger partial charge on any atom is -0.477 e. The molecule has 0 atom stereocenters. The van der Waals surface area contributed by atoms with Crippen LogP contribution < -0.4 is 15.8 Å². The van der Waals surface area contributed by atoms with Crippen molar-refractivity contribution in [2.75, 3.05) is 11.9 Å². The summed E-state index contributed by atoms with van der Waals surface area (Å²) in [6.45, 7) is 3.19. The first-order valence-electron chi connectivity index (χ1n) is 10.2. The van der Waals surface area contributed by atoms with Crippen molar-refractivity contribution in [1.29, 1.82) is 0 Å². The zero-order valence-electron chi connectivity index (χ0n) is 17.1. The fourth-order valence-corrected chi connectivity index (χ4v) is 4.50. The number of rotatable bonds is 5. The molecule has 0 spiro atoms. The lowest BCUT2D eigenvalue weighted by Gasteiger charge is -2.14. The number of nitrogens with one attached hydrogen (secondary N) is 1. The Bertz CT molecular complexity index is 1260. The van der Waals surface area contributed by atoms with Gasteiger partial charge in [-0.2, -0.15) is 4.98 Å². The minimum absolute atomic E-state index is 0.360. The number of thiophene rings is 1. The van der Waals surface area contributed by atoms with E-state index < -0.39 is 5.91 Å². The second-order valence-electron chi connectivity index (χ2n) is 7.44. The van der Waals surface area contributed by atoms with Gasteiger partial charge >= 0.3 is 0 Å². The van der Waals surface area contributed by atoms with Crippen LogP contribution in [0.1, 0.15) is 39.3 Å². The number of ether oxygens (including phenoxy) is 1. The normalized spacial score (nSPS) is 13.5. The zero-order chi connectivity index (χ0) is 21.4. The van der Waals surface area contributed by atoms with Gasteiger partial charge in [0.2, 0.25) is 5.88 Å². The van der Waals surface area contributed by atoms with Crippen LogP contribution in [0.25, 0.3) is 17.2 Å². The summed E-state index contributed by atoms with van der Waals surface area (Å²) in [6.07, 6.45) is 4.71. The molecule has 0 radical (unpaired) electrons. The summed E-state index contributed by atoms with van der Waals surface area (Å²) in [6, 6.07) is 7.57. The number of fused-ring (bicyclic) bond motifs is 2. The van der Waals surface area contributed by atoms with E-state index in [0.29, 0.717) is 47.5 Å². The van der Waals surface area contributed by atoms with Crippen LogP contribution in [0.2, 0.25) is 0 Å². The van der Waals surface area contributed by atoms with Gasteiger partial charge in [0.1, 0.15) is 17.2 Å². The van der Waals surface area contributed by atoms with E-state index in [2.05, 4.69) is 21.7 Å². The van der Waals surface area contributed by atoms with Gasteiger partial charge < -0.3 is 15.8 Å². The summed E-state index contributed by atoms with van der Waals surface area (Å²) in [7, 11) is 0. The quantitative estimate of drug-likeness (QED) is 0.497. The van der Waals surface area contributed by atoms with Gasteiger partial charge in [-0.15, -0.1) is 11.3 Å². The molecule has 0 aliphatic carbocycles. The number of nitrogens with zero attached hydrogens (tertiary/aromatic N) is 4. The lowest BCUT2D eigenvalue weighted by atomic mass is 10.1. The van der Waals surface area contributed by atoms with Gasteiger partial charge in [-0.05, 0) is 49.8 Å². The van der Waals surface area contributed by atoms with Crippen LogP contribution in [-0.4, -0.2) is 31.9 Å². The first-order chi connectivity index (χ1) is 15.1. The van der Waals surface area contributed by atoms with Crippen molar-refractivity contribution >= 4 is 28.7 Å². The highest BCUT2D eigenvalue weighted by Crippen LogP contribution is 2.33. The first-order valence-corrected chi connectivity index (χ1v) is 11.1. The number of carbonyl (C=O) groups excluding carboxylic acids is 1. The topological polar surface area (TPSA) is 107 Å². The molecule has 4 aromatic rings. The molecule has 1 aliphatic rings. The van der Waals surface area contributed by atoms with Crippen molar-refractivity contribution in [2.24, 2.45) is 5.73 Å². The third-order valence-corrected chi connectivity index (χ3v) is 6.22. The van der Waals surface area contributed by atoms with Crippen LogP contribution in [0.15, 0.2) is 35.8 Å². The van der Waals surface area contributed by atoms with Crippen LogP contribution in [0.3, 0.4) is 0 Å². The monoisotopic (exact) mass is 434 g/mol. The highest BCUT2D eigenvalue weighted by atomic mass is 32.1. The summed E-state index contributed by atoms with van der Waals surface area (Å²) < 4.78 is 7.80. The van der Waals surface area contributed by atoms with Crippen LogP contribution in [-0.2, 0) is 13.0 Å². The molecule has 3 N–H and O–H groups in total. The van der Waals surface area contributed by atoms with Gasteiger partial charge in [-0.1, -0.05) is 6.07 Å². The second kappa shape index (κ2) is 7.99. The molecule has 4 aromatic heterocycles. The van der Waals surface area contributed by atoms with E-state index >= 15 is 0 Å². The van der Waals surface area contributed by atoms with Crippen LogP contribution in [0.5, 0.6) is 5.88 Å². The van der Waals surface area contributed by atoms with Crippen molar-refractivity contribution in [2.45, 2.75) is 32.7 Å². The SMILES string of the molecule is Cc1nc2c(C(N)=O)cccn2c1-c1nc(NCc2cccs2)c2c(n1)OCCCC2. The number of hydrogen-bond donors (Lipinski definition) is 2. The zero-order valence-corrected chi connectivity index (χ0v) is 17.9. The molecule has 31 heavy (non-hydrogen) atoms. The van der Waals surface area contributed by atoms with Gasteiger partial charge in [0.05, 0.1) is 30.0 Å². The number of amides is 1. The molecule has 0 saturated heterocycles. The number of hydrogen-bond acceptors (Lipinski definition) is 7. The molecule has 0 saturated carbocycles. The van der Waals surface area contributed by atoms with E-state index in [1.807, 2.05) is 23.6 Å². The average molecular weight is 435 g/mol. The maximum absolute atomic E-state index is 11.9. The number of carbonyl (C=O) groups is 1. The van der Waals surface area contributed by atoms with E-state index in [-0.39, 0.29) is 0 Å². The van der Waals surface area contributed by atoms with Crippen molar-refractivity contribution in [3.05, 3.63) is 57.5 Å². The molecule has 9 heteroatoms. The second-order valence-corrected chi connectivity index (χ2v) is 8.48. The Morgan fingerprint density at radius 2 is 2.16 bits per heavy atom. The van der Waals surface area contributed by atoms with E-state index in [9.17, 15) is 4.79 Å². The number of anilines is 1. The molecule has 158 valence electrons. The summed E-state index contributed by atoms with van der Waals surface area (Å²) in [4.78, 5) is 27.3. The van der Waals surface area contributed by atoms with E-state index in [1.165, 1.54) is 4.88 Å². The lowest BCUT2D eigenvalue weighted by Crippen LogP contribution is -2.12. The standard InChI is InChI=1S/C22H22N6O2S/c1-13-17(28-9-4-8-15(18(23)29)21(28)25-13)20-26-19(24-12-14-6-5-11-31-14)16-7-2-3-10-30-22(16)27-20/h4-6,8-9,11H,2-3,7,10,12H2,1H3,(H2,23,29)(H,24,26,27). The number of aryl methyl sites for hydroxylation is 1.